The van der Waals surface area contributed by atoms with Crippen LogP contribution >= 0.6 is 23.2 Å². The Morgan fingerprint density at radius 3 is 2.67 bits per heavy atom. The molecule has 0 radical (unpaired) electrons. The van der Waals surface area contributed by atoms with E-state index in [0.717, 1.165) is 11.1 Å². The Hall–Kier alpha value is -1.92. The largest absolute Gasteiger partial charge is 0.493 e. The molecule has 0 N–H and O–H groups in total. The number of ether oxygens (including phenoxy) is 3. The summed E-state index contributed by atoms with van der Waals surface area (Å²) in [6, 6.07) is 1.82. The minimum absolute atomic E-state index is 0.0610. The average molecular weight is 416 g/mol. The van der Waals surface area contributed by atoms with E-state index in [1.807, 2.05) is 6.07 Å². The van der Waals surface area contributed by atoms with Gasteiger partial charge in [0, 0.05) is 25.4 Å². The monoisotopic (exact) mass is 415 g/mol. The summed E-state index contributed by atoms with van der Waals surface area (Å²) in [5.41, 5.74) is 2.42. The maximum atomic E-state index is 12.4. The van der Waals surface area contributed by atoms with Crippen molar-refractivity contribution >= 4 is 35.1 Å². The van der Waals surface area contributed by atoms with Crippen LogP contribution in [0.1, 0.15) is 30.9 Å². The molecule has 2 rings (SSSR count). The predicted octanol–water partition coefficient (Wildman–Crippen LogP) is 3.71. The van der Waals surface area contributed by atoms with Crippen molar-refractivity contribution in [3.8, 4) is 11.5 Å². The fraction of sp³-hybridized carbons (Fsp3) is 0.474. The molecule has 1 aromatic carbocycles. The van der Waals surface area contributed by atoms with Crippen LogP contribution in [0.4, 0.5) is 0 Å². The topological polar surface area (TPSA) is 65.1 Å². The number of alkyl halides is 1. The van der Waals surface area contributed by atoms with Crippen LogP contribution < -0.4 is 9.47 Å². The summed E-state index contributed by atoms with van der Waals surface area (Å²) in [4.78, 5) is 25.5. The van der Waals surface area contributed by atoms with Gasteiger partial charge < -0.3 is 19.1 Å². The first kappa shape index (κ1) is 21.4. The third-order valence-corrected chi connectivity index (χ3v) is 4.90. The van der Waals surface area contributed by atoms with Gasteiger partial charge in [-0.25, -0.2) is 0 Å². The second-order valence-electron chi connectivity index (χ2n) is 6.09. The van der Waals surface area contributed by atoms with Gasteiger partial charge in [0.15, 0.2) is 11.5 Å². The Labute approximate surface area is 169 Å². The van der Waals surface area contributed by atoms with Crippen molar-refractivity contribution in [2.24, 2.45) is 0 Å². The number of methoxy groups -OCH3 is 1. The lowest BCUT2D eigenvalue weighted by atomic mass is 10.1. The van der Waals surface area contributed by atoms with Gasteiger partial charge in [0.2, 0.25) is 5.91 Å². The minimum Gasteiger partial charge on any atom is -0.493 e. The van der Waals surface area contributed by atoms with E-state index in [-0.39, 0.29) is 37.2 Å². The SMILES string of the molecule is C=C(CCl)COc1c(OC)cc2c(c1Cl)CN(C(=O)CCC(=O)OCC)C2. The van der Waals surface area contributed by atoms with Crippen molar-refractivity contribution in [1.29, 1.82) is 0 Å². The standard InChI is InChI=1S/C19H23Cl2NO5/c1-4-26-17(24)6-5-16(23)22-9-13-7-15(25-3)19(18(21)14(13)10-22)27-11-12(2)8-20/h7H,2,4-6,8-11H2,1,3H3. The van der Waals surface area contributed by atoms with Crippen LogP contribution in [0, 0.1) is 0 Å². The van der Waals surface area contributed by atoms with Gasteiger partial charge in [-0.1, -0.05) is 18.2 Å². The van der Waals surface area contributed by atoms with Gasteiger partial charge in [0.05, 0.1) is 25.2 Å². The molecule has 1 heterocycles. The van der Waals surface area contributed by atoms with Crippen LogP contribution in [-0.2, 0) is 27.4 Å². The number of nitrogens with zero attached hydrogens (tertiary/aromatic N) is 1. The second-order valence-corrected chi connectivity index (χ2v) is 6.73. The van der Waals surface area contributed by atoms with Crippen LogP contribution in [0.2, 0.25) is 5.02 Å². The first-order chi connectivity index (χ1) is 12.9. The van der Waals surface area contributed by atoms with Gasteiger partial charge in [-0.05, 0) is 29.7 Å². The molecular weight excluding hydrogens is 393 g/mol. The number of benzene rings is 1. The molecule has 1 amide bonds. The Balaban J connectivity index is 2.11. The quantitative estimate of drug-likeness (QED) is 0.349. The van der Waals surface area contributed by atoms with Gasteiger partial charge in [0.1, 0.15) is 6.61 Å². The molecule has 1 aliphatic rings. The number of rotatable bonds is 9. The van der Waals surface area contributed by atoms with E-state index in [2.05, 4.69) is 6.58 Å². The lowest BCUT2D eigenvalue weighted by Gasteiger charge is -2.15. The number of halogens is 2. The number of carbonyl (C=O) groups excluding carboxylic acids is 2. The smallest absolute Gasteiger partial charge is 0.306 e. The number of amides is 1. The van der Waals surface area contributed by atoms with E-state index in [1.165, 1.54) is 7.11 Å². The normalized spacial score (nSPS) is 12.5. The fourth-order valence-electron chi connectivity index (χ4n) is 2.74. The molecule has 1 aliphatic heterocycles. The molecule has 0 aliphatic carbocycles. The molecule has 0 bridgehead atoms. The van der Waals surface area contributed by atoms with Crippen molar-refractivity contribution in [3.63, 3.8) is 0 Å². The maximum Gasteiger partial charge on any atom is 0.306 e. The van der Waals surface area contributed by atoms with Crippen molar-refractivity contribution in [2.45, 2.75) is 32.9 Å². The highest BCUT2D eigenvalue weighted by molar-refractivity contribution is 6.33. The van der Waals surface area contributed by atoms with Gasteiger partial charge >= 0.3 is 5.97 Å². The molecule has 0 aromatic heterocycles. The minimum atomic E-state index is -0.377. The highest BCUT2D eigenvalue weighted by Crippen LogP contribution is 2.43. The van der Waals surface area contributed by atoms with E-state index in [1.54, 1.807) is 11.8 Å². The molecule has 8 heteroatoms. The van der Waals surface area contributed by atoms with E-state index in [4.69, 9.17) is 37.4 Å². The fourth-order valence-corrected chi connectivity index (χ4v) is 3.14. The van der Waals surface area contributed by atoms with Crippen molar-refractivity contribution in [2.75, 3.05) is 26.2 Å². The number of carbonyl (C=O) groups is 2. The van der Waals surface area contributed by atoms with Crippen LogP contribution in [-0.4, -0.2) is 43.0 Å². The first-order valence-electron chi connectivity index (χ1n) is 8.58. The van der Waals surface area contributed by atoms with Gasteiger partial charge in [-0.2, -0.15) is 0 Å². The van der Waals surface area contributed by atoms with Crippen molar-refractivity contribution in [3.05, 3.63) is 34.4 Å². The molecule has 0 spiro atoms. The maximum absolute atomic E-state index is 12.4. The second kappa shape index (κ2) is 9.85. The molecule has 27 heavy (non-hydrogen) atoms. The van der Waals surface area contributed by atoms with Crippen molar-refractivity contribution in [1.82, 2.24) is 4.90 Å². The van der Waals surface area contributed by atoms with Gasteiger partial charge in [0.25, 0.3) is 0 Å². The molecule has 1 aromatic rings. The Kier molecular flexibility index (Phi) is 7.80. The highest BCUT2D eigenvalue weighted by atomic mass is 35.5. The molecule has 0 saturated heterocycles. The summed E-state index contributed by atoms with van der Waals surface area (Å²) < 4.78 is 16.0. The number of hydrogen-bond donors (Lipinski definition) is 0. The van der Waals surface area contributed by atoms with E-state index < -0.39 is 0 Å². The molecule has 0 unspecified atom stereocenters. The zero-order valence-electron chi connectivity index (χ0n) is 15.5. The first-order valence-corrected chi connectivity index (χ1v) is 9.49. The number of hydrogen-bond acceptors (Lipinski definition) is 5. The molecule has 6 nitrogen and oxygen atoms in total. The predicted molar refractivity (Wildman–Crippen MR) is 103 cm³/mol. The summed E-state index contributed by atoms with van der Waals surface area (Å²) in [5.74, 6) is 0.671. The lowest BCUT2D eigenvalue weighted by molar-refractivity contribution is -0.145. The Morgan fingerprint density at radius 1 is 1.30 bits per heavy atom. The molecule has 0 saturated carbocycles. The van der Waals surface area contributed by atoms with Crippen molar-refractivity contribution < 1.29 is 23.8 Å². The highest BCUT2D eigenvalue weighted by Gasteiger charge is 2.29. The van der Waals surface area contributed by atoms with E-state index in [0.29, 0.717) is 41.8 Å². The van der Waals surface area contributed by atoms with Crippen LogP contribution in [0.5, 0.6) is 11.5 Å². The van der Waals surface area contributed by atoms with Crippen LogP contribution in [0.15, 0.2) is 18.2 Å². The lowest BCUT2D eigenvalue weighted by Crippen LogP contribution is -2.25. The zero-order valence-corrected chi connectivity index (χ0v) is 17.0. The summed E-state index contributed by atoms with van der Waals surface area (Å²) in [6.07, 6.45) is 0.159. The van der Waals surface area contributed by atoms with E-state index in [9.17, 15) is 9.59 Å². The summed E-state index contributed by atoms with van der Waals surface area (Å²) in [5, 5.41) is 0.410. The Morgan fingerprint density at radius 2 is 2.04 bits per heavy atom. The summed E-state index contributed by atoms with van der Waals surface area (Å²) in [7, 11) is 1.53. The van der Waals surface area contributed by atoms with Gasteiger partial charge in [-0.15, -0.1) is 11.6 Å². The summed E-state index contributed by atoms with van der Waals surface area (Å²) >= 11 is 12.3. The van der Waals surface area contributed by atoms with Crippen LogP contribution in [0.3, 0.4) is 0 Å². The third-order valence-electron chi connectivity index (χ3n) is 4.12. The zero-order chi connectivity index (χ0) is 20.0. The molecule has 0 fully saturated rings. The average Bonchev–Trinajstić information content (AvgIpc) is 3.09. The van der Waals surface area contributed by atoms with Crippen LogP contribution in [0.25, 0.3) is 0 Å². The summed E-state index contributed by atoms with van der Waals surface area (Å²) in [6.45, 7) is 6.81. The molecule has 0 atom stereocenters. The molecule has 148 valence electrons. The Bertz CT molecular complexity index is 735. The molecular formula is C19H23Cl2NO5. The third kappa shape index (κ3) is 5.30. The van der Waals surface area contributed by atoms with E-state index >= 15 is 0 Å². The number of fused-ring (bicyclic) bond motifs is 1. The van der Waals surface area contributed by atoms with Gasteiger partial charge in [-0.3, -0.25) is 9.59 Å². The number of esters is 1.